The van der Waals surface area contributed by atoms with Crippen molar-refractivity contribution in [3.8, 4) is 0 Å². The topological polar surface area (TPSA) is 37.3 Å². The molecule has 2 rings (SSSR count). The van der Waals surface area contributed by atoms with E-state index in [-0.39, 0.29) is 0 Å². The van der Waals surface area contributed by atoms with E-state index >= 15 is 0 Å². The first kappa shape index (κ1) is 12.0. The highest BCUT2D eigenvalue weighted by Crippen LogP contribution is 2.30. The largest absolute Gasteiger partial charge is 0.477 e. The molecule has 16 heavy (non-hydrogen) atoms. The third-order valence-electron chi connectivity index (χ3n) is 3.03. The molecule has 4 heteroatoms. The SMILES string of the molecule is O=C(O)c1sccc1CSCC1CCCC1. The van der Waals surface area contributed by atoms with Crippen LogP contribution < -0.4 is 0 Å². The fourth-order valence-corrected chi connectivity index (χ4v) is 4.25. The zero-order valence-electron chi connectivity index (χ0n) is 9.15. The van der Waals surface area contributed by atoms with E-state index in [0.717, 1.165) is 17.2 Å². The smallest absolute Gasteiger partial charge is 0.346 e. The van der Waals surface area contributed by atoms with Gasteiger partial charge in [-0.2, -0.15) is 11.8 Å². The Morgan fingerprint density at radius 3 is 2.94 bits per heavy atom. The highest BCUT2D eigenvalue weighted by molar-refractivity contribution is 7.98. The number of thiophene rings is 1. The lowest BCUT2D eigenvalue weighted by molar-refractivity contribution is 0.0701. The second-order valence-corrected chi connectivity index (χ2v) is 6.19. The van der Waals surface area contributed by atoms with Crippen molar-refractivity contribution in [1.82, 2.24) is 0 Å². The molecule has 88 valence electrons. The second kappa shape index (κ2) is 5.73. The molecule has 0 bridgehead atoms. The van der Waals surface area contributed by atoms with Crippen molar-refractivity contribution in [2.75, 3.05) is 5.75 Å². The Morgan fingerprint density at radius 2 is 2.25 bits per heavy atom. The lowest BCUT2D eigenvalue weighted by Gasteiger charge is -2.07. The van der Waals surface area contributed by atoms with Gasteiger partial charge in [0.2, 0.25) is 0 Å². The summed E-state index contributed by atoms with van der Waals surface area (Å²) in [5.74, 6) is 2.12. The predicted molar refractivity (Wildman–Crippen MR) is 69.4 cm³/mol. The summed E-state index contributed by atoms with van der Waals surface area (Å²) in [5.41, 5.74) is 0.987. The molecule has 1 N–H and O–H groups in total. The van der Waals surface area contributed by atoms with Crippen LogP contribution in [0, 0.1) is 5.92 Å². The van der Waals surface area contributed by atoms with Gasteiger partial charge in [0.25, 0.3) is 0 Å². The number of aromatic carboxylic acids is 1. The summed E-state index contributed by atoms with van der Waals surface area (Å²) in [6.07, 6.45) is 5.49. The van der Waals surface area contributed by atoms with Gasteiger partial charge in [-0.05, 0) is 41.5 Å². The third kappa shape index (κ3) is 3.01. The van der Waals surface area contributed by atoms with Crippen molar-refractivity contribution >= 4 is 29.1 Å². The van der Waals surface area contributed by atoms with Gasteiger partial charge in [0, 0.05) is 5.75 Å². The highest BCUT2D eigenvalue weighted by atomic mass is 32.2. The molecule has 0 aromatic carbocycles. The maximum atomic E-state index is 10.9. The molecule has 1 fully saturated rings. The van der Waals surface area contributed by atoms with Gasteiger partial charge >= 0.3 is 5.97 Å². The van der Waals surface area contributed by atoms with Crippen LogP contribution in [0.1, 0.15) is 40.9 Å². The van der Waals surface area contributed by atoms with Gasteiger partial charge in [-0.15, -0.1) is 11.3 Å². The Kier molecular flexibility index (Phi) is 4.29. The van der Waals surface area contributed by atoms with Gasteiger partial charge in [0.1, 0.15) is 4.88 Å². The Bertz CT molecular complexity index is 354. The molecule has 1 saturated carbocycles. The van der Waals surface area contributed by atoms with Crippen molar-refractivity contribution in [2.24, 2.45) is 5.92 Å². The first-order valence-corrected chi connectivity index (χ1v) is 7.68. The maximum Gasteiger partial charge on any atom is 0.346 e. The lowest BCUT2D eigenvalue weighted by Crippen LogP contribution is -1.99. The van der Waals surface area contributed by atoms with E-state index in [0.29, 0.717) is 4.88 Å². The van der Waals surface area contributed by atoms with Crippen molar-refractivity contribution in [3.63, 3.8) is 0 Å². The molecule has 1 aromatic heterocycles. The summed E-state index contributed by atoms with van der Waals surface area (Å²) in [5, 5.41) is 10.8. The van der Waals surface area contributed by atoms with Crippen molar-refractivity contribution in [1.29, 1.82) is 0 Å². The van der Waals surface area contributed by atoms with Crippen LogP contribution in [-0.2, 0) is 5.75 Å². The van der Waals surface area contributed by atoms with Crippen LogP contribution in [0.2, 0.25) is 0 Å². The van der Waals surface area contributed by atoms with Crippen LogP contribution in [0.15, 0.2) is 11.4 Å². The Labute approximate surface area is 104 Å². The zero-order chi connectivity index (χ0) is 11.4. The number of carbonyl (C=O) groups is 1. The van der Waals surface area contributed by atoms with Gasteiger partial charge in [0.15, 0.2) is 0 Å². The summed E-state index contributed by atoms with van der Waals surface area (Å²) in [6.45, 7) is 0. The number of hydrogen-bond donors (Lipinski definition) is 1. The lowest BCUT2D eigenvalue weighted by atomic mass is 10.1. The van der Waals surface area contributed by atoms with Gasteiger partial charge < -0.3 is 5.11 Å². The van der Waals surface area contributed by atoms with Crippen LogP contribution in [0.5, 0.6) is 0 Å². The summed E-state index contributed by atoms with van der Waals surface area (Å²) < 4.78 is 0. The van der Waals surface area contributed by atoms with E-state index in [1.165, 1.54) is 42.8 Å². The average molecular weight is 256 g/mol. The Hall–Kier alpha value is -0.480. The Morgan fingerprint density at radius 1 is 1.50 bits per heavy atom. The molecule has 0 spiro atoms. The third-order valence-corrected chi connectivity index (χ3v) is 5.19. The number of rotatable bonds is 5. The first-order chi connectivity index (χ1) is 7.77. The van der Waals surface area contributed by atoms with Crippen molar-refractivity contribution in [3.05, 3.63) is 21.9 Å². The summed E-state index contributed by atoms with van der Waals surface area (Å²) in [4.78, 5) is 11.4. The molecule has 2 nitrogen and oxygen atoms in total. The first-order valence-electron chi connectivity index (χ1n) is 5.65. The number of carboxylic acid groups (broad SMARTS) is 1. The second-order valence-electron chi connectivity index (χ2n) is 4.25. The van der Waals surface area contributed by atoms with Gasteiger partial charge in [-0.3, -0.25) is 0 Å². The van der Waals surface area contributed by atoms with Gasteiger partial charge in [0.05, 0.1) is 0 Å². The summed E-state index contributed by atoms with van der Waals surface area (Å²) in [7, 11) is 0. The van der Waals surface area contributed by atoms with Gasteiger partial charge in [-0.1, -0.05) is 12.8 Å². The minimum absolute atomic E-state index is 0.513. The molecule has 0 saturated heterocycles. The standard InChI is InChI=1S/C12H16O2S2/c13-12(14)11-10(5-6-16-11)8-15-7-9-3-1-2-4-9/h5-6,9H,1-4,7-8H2,(H,13,14). The van der Waals surface area contributed by atoms with E-state index in [9.17, 15) is 4.79 Å². The molecular formula is C12H16O2S2. The van der Waals surface area contributed by atoms with E-state index < -0.39 is 5.97 Å². The molecule has 1 aliphatic carbocycles. The number of carboxylic acids is 1. The molecule has 0 radical (unpaired) electrons. The molecule has 1 aromatic rings. The minimum Gasteiger partial charge on any atom is -0.477 e. The highest BCUT2D eigenvalue weighted by Gasteiger charge is 2.16. The van der Waals surface area contributed by atoms with Crippen molar-refractivity contribution < 1.29 is 9.90 Å². The van der Waals surface area contributed by atoms with E-state index in [1.54, 1.807) is 0 Å². The van der Waals surface area contributed by atoms with Crippen LogP contribution in [0.3, 0.4) is 0 Å². The zero-order valence-corrected chi connectivity index (χ0v) is 10.8. The molecule has 0 unspecified atom stereocenters. The number of thioether (sulfide) groups is 1. The Balaban J connectivity index is 1.80. The molecule has 1 aliphatic rings. The fraction of sp³-hybridized carbons (Fsp3) is 0.583. The minimum atomic E-state index is -0.786. The van der Waals surface area contributed by atoms with Crippen LogP contribution in [-0.4, -0.2) is 16.8 Å². The van der Waals surface area contributed by atoms with E-state index in [4.69, 9.17) is 5.11 Å². The monoisotopic (exact) mass is 256 g/mol. The van der Waals surface area contributed by atoms with Crippen LogP contribution in [0.25, 0.3) is 0 Å². The number of hydrogen-bond acceptors (Lipinski definition) is 3. The van der Waals surface area contributed by atoms with Crippen molar-refractivity contribution in [2.45, 2.75) is 31.4 Å². The van der Waals surface area contributed by atoms with Gasteiger partial charge in [-0.25, -0.2) is 4.79 Å². The summed E-state index contributed by atoms with van der Waals surface area (Å²) in [6, 6.07) is 1.94. The molecule has 0 atom stereocenters. The fourth-order valence-electron chi connectivity index (χ4n) is 2.15. The maximum absolute atomic E-state index is 10.9. The predicted octanol–water partition coefficient (Wildman–Crippen LogP) is 3.87. The van der Waals surface area contributed by atoms with Crippen LogP contribution >= 0.6 is 23.1 Å². The molecule has 0 amide bonds. The summed E-state index contributed by atoms with van der Waals surface area (Å²) >= 11 is 3.21. The van der Waals surface area contributed by atoms with E-state index in [1.807, 2.05) is 23.2 Å². The quantitative estimate of drug-likeness (QED) is 0.869. The van der Waals surface area contributed by atoms with Crippen LogP contribution in [0.4, 0.5) is 0 Å². The molecule has 0 aliphatic heterocycles. The van der Waals surface area contributed by atoms with E-state index in [2.05, 4.69) is 0 Å². The average Bonchev–Trinajstić information content (AvgIpc) is 2.87. The molecule has 1 heterocycles. The normalized spacial score (nSPS) is 16.8. The molecular weight excluding hydrogens is 240 g/mol.